The molecule has 0 saturated carbocycles. The molecule has 3 rings (SSSR count). The minimum Gasteiger partial charge on any atom is -0.341 e. The molecular formula is C15H15N5OS. The normalized spacial score (nSPS) is 12.3. The first-order chi connectivity index (χ1) is 10.6. The Morgan fingerprint density at radius 1 is 1.32 bits per heavy atom. The second-order valence-corrected chi connectivity index (χ2v) is 6.23. The van der Waals surface area contributed by atoms with E-state index in [0.717, 1.165) is 21.8 Å². The minimum atomic E-state index is -0.290. The van der Waals surface area contributed by atoms with Crippen molar-refractivity contribution < 1.29 is 4.79 Å². The van der Waals surface area contributed by atoms with Gasteiger partial charge in [-0.3, -0.25) is 4.79 Å². The van der Waals surface area contributed by atoms with Crippen LogP contribution in [0.2, 0.25) is 0 Å². The first-order valence-electron chi connectivity index (χ1n) is 6.82. The smallest absolute Gasteiger partial charge is 0.237 e. The maximum atomic E-state index is 12.3. The lowest BCUT2D eigenvalue weighted by molar-refractivity contribution is -0.115. The second kappa shape index (κ2) is 6.15. The number of aromatic amines is 1. The number of aryl methyl sites for hydroxylation is 1. The van der Waals surface area contributed by atoms with Gasteiger partial charge < -0.3 is 10.3 Å². The third kappa shape index (κ3) is 3.09. The Hall–Kier alpha value is -2.41. The fraction of sp³-hybridized carbons (Fsp3) is 0.200. The van der Waals surface area contributed by atoms with E-state index in [2.05, 4.69) is 25.3 Å². The Labute approximate surface area is 131 Å². The third-order valence-corrected chi connectivity index (χ3v) is 4.23. The molecule has 2 aromatic heterocycles. The Bertz CT molecular complexity index is 816. The van der Waals surface area contributed by atoms with Crippen LogP contribution in [0.15, 0.2) is 41.9 Å². The third-order valence-electron chi connectivity index (χ3n) is 3.13. The summed E-state index contributed by atoms with van der Waals surface area (Å²) in [5, 5.41) is 3.34. The van der Waals surface area contributed by atoms with E-state index in [1.165, 1.54) is 18.1 Å². The highest BCUT2D eigenvalue weighted by Gasteiger charge is 2.17. The molecule has 0 aliphatic carbocycles. The summed E-state index contributed by atoms with van der Waals surface area (Å²) in [5.41, 5.74) is 3.26. The Morgan fingerprint density at radius 3 is 3.00 bits per heavy atom. The Morgan fingerprint density at radius 2 is 2.18 bits per heavy atom. The van der Waals surface area contributed by atoms with Crippen molar-refractivity contribution in [1.82, 2.24) is 19.9 Å². The van der Waals surface area contributed by atoms with Gasteiger partial charge in [0.1, 0.15) is 16.9 Å². The summed E-state index contributed by atoms with van der Waals surface area (Å²) in [4.78, 5) is 27.7. The van der Waals surface area contributed by atoms with Gasteiger partial charge in [-0.05, 0) is 31.5 Å². The van der Waals surface area contributed by atoms with E-state index < -0.39 is 0 Å². The van der Waals surface area contributed by atoms with Crippen molar-refractivity contribution in [2.24, 2.45) is 0 Å². The van der Waals surface area contributed by atoms with Crippen LogP contribution in [0, 0.1) is 6.92 Å². The molecule has 0 aliphatic heterocycles. The SMILES string of the molecule is Cc1cccc(NC(=O)[C@H](C)Sc2ncnc3nc[nH]c23)c1. The monoisotopic (exact) mass is 313 g/mol. The van der Waals surface area contributed by atoms with Gasteiger partial charge in [-0.15, -0.1) is 0 Å². The lowest BCUT2D eigenvalue weighted by Crippen LogP contribution is -2.22. The topological polar surface area (TPSA) is 83.6 Å². The zero-order chi connectivity index (χ0) is 15.5. The molecule has 2 heterocycles. The van der Waals surface area contributed by atoms with Gasteiger partial charge in [0.25, 0.3) is 0 Å². The van der Waals surface area contributed by atoms with E-state index in [9.17, 15) is 4.79 Å². The van der Waals surface area contributed by atoms with Crippen molar-refractivity contribution in [2.75, 3.05) is 5.32 Å². The molecule has 0 unspecified atom stereocenters. The number of imidazole rings is 1. The van der Waals surface area contributed by atoms with Gasteiger partial charge in [0.2, 0.25) is 5.91 Å². The molecule has 0 spiro atoms. The molecule has 1 aromatic carbocycles. The van der Waals surface area contributed by atoms with Crippen molar-refractivity contribution in [2.45, 2.75) is 24.1 Å². The summed E-state index contributed by atoms with van der Waals surface area (Å²) in [6.07, 6.45) is 3.03. The fourth-order valence-corrected chi connectivity index (χ4v) is 2.90. The predicted molar refractivity (Wildman–Crippen MR) is 86.8 cm³/mol. The van der Waals surface area contributed by atoms with Crippen molar-refractivity contribution in [3.63, 3.8) is 0 Å². The summed E-state index contributed by atoms with van der Waals surface area (Å²) < 4.78 is 0. The number of carbonyl (C=O) groups excluding carboxylic acids is 1. The van der Waals surface area contributed by atoms with E-state index in [-0.39, 0.29) is 11.2 Å². The summed E-state index contributed by atoms with van der Waals surface area (Å²) in [7, 11) is 0. The number of aromatic nitrogens is 4. The number of amides is 1. The van der Waals surface area contributed by atoms with Crippen LogP contribution < -0.4 is 5.32 Å². The molecule has 2 N–H and O–H groups in total. The number of H-pyrrole nitrogens is 1. The van der Waals surface area contributed by atoms with Crippen LogP contribution in [0.4, 0.5) is 5.69 Å². The van der Waals surface area contributed by atoms with Crippen LogP contribution in [-0.4, -0.2) is 31.1 Å². The molecular weight excluding hydrogens is 298 g/mol. The maximum absolute atomic E-state index is 12.3. The number of rotatable bonds is 4. The highest BCUT2D eigenvalue weighted by atomic mass is 32.2. The number of fused-ring (bicyclic) bond motifs is 1. The molecule has 0 bridgehead atoms. The summed E-state index contributed by atoms with van der Waals surface area (Å²) in [6.45, 7) is 3.84. The molecule has 7 heteroatoms. The van der Waals surface area contributed by atoms with Gasteiger partial charge >= 0.3 is 0 Å². The fourth-order valence-electron chi connectivity index (χ4n) is 2.02. The van der Waals surface area contributed by atoms with E-state index in [4.69, 9.17) is 0 Å². The zero-order valence-corrected chi connectivity index (χ0v) is 13.0. The molecule has 1 atom stereocenters. The molecule has 0 aliphatic rings. The van der Waals surface area contributed by atoms with E-state index in [0.29, 0.717) is 5.65 Å². The lowest BCUT2D eigenvalue weighted by atomic mass is 10.2. The molecule has 0 saturated heterocycles. The summed E-state index contributed by atoms with van der Waals surface area (Å²) in [5.74, 6) is -0.0677. The highest BCUT2D eigenvalue weighted by Crippen LogP contribution is 2.26. The second-order valence-electron chi connectivity index (χ2n) is 4.90. The van der Waals surface area contributed by atoms with Crippen molar-refractivity contribution in [1.29, 1.82) is 0 Å². The van der Waals surface area contributed by atoms with Crippen molar-refractivity contribution >= 4 is 34.5 Å². The minimum absolute atomic E-state index is 0.0677. The number of nitrogens with one attached hydrogen (secondary N) is 2. The quantitative estimate of drug-likeness (QED) is 0.571. The number of hydrogen-bond acceptors (Lipinski definition) is 5. The molecule has 22 heavy (non-hydrogen) atoms. The van der Waals surface area contributed by atoms with Gasteiger partial charge in [-0.2, -0.15) is 0 Å². The largest absolute Gasteiger partial charge is 0.341 e. The average molecular weight is 313 g/mol. The Balaban J connectivity index is 1.72. The van der Waals surface area contributed by atoms with Gasteiger partial charge in [0, 0.05) is 5.69 Å². The van der Waals surface area contributed by atoms with E-state index >= 15 is 0 Å². The van der Waals surface area contributed by atoms with Crippen LogP contribution in [0.25, 0.3) is 11.2 Å². The van der Waals surface area contributed by atoms with E-state index in [1.54, 1.807) is 6.33 Å². The average Bonchev–Trinajstić information content (AvgIpc) is 2.96. The number of benzene rings is 1. The molecule has 1 amide bonds. The first kappa shape index (κ1) is 14.5. The van der Waals surface area contributed by atoms with Gasteiger partial charge in [-0.25, -0.2) is 15.0 Å². The summed E-state index contributed by atoms with van der Waals surface area (Å²) >= 11 is 1.37. The van der Waals surface area contributed by atoms with Crippen LogP contribution in [0.1, 0.15) is 12.5 Å². The van der Waals surface area contributed by atoms with Crippen molar-refractivity contribution in [3.8, 4) is 0 Å². The van der Waals surface area contributed by atoms with Crippen molar-refractivity contribution in [3.05, 3.63) is 42.5 Å². The number of anilines is 1. The lowest BCUT2D eigenvalue weighted by Gasteiger charge is -2.12. The Kier molecular flexibility index (Phi) is 4.06. The number of hydrogen-bond donors (Lipinski definition) is 2. The molecule has 0 fully saturated rings. The number of carbonyl (C=O) groups is 1. The van der Waals surface area contributed by atoms with Crippen LogP contribution in [0.5, 0.6) is 0 Å². The number of nitrogens with zero attached hydrogens (tertiary/aromatic N) is 3. The maximum Gasteiger partial charge on any atom is 0.237 e. The summed E-state index contributed by atoms with van der Waals surface area (Å²) in [6, 6.07) is 7.72. The molecule has 112 valence electrons. The molecule has 0 radical (unpaired) electrons. The van der Waals surface area contributed by atoms with Crippen LogP contribution >= 0.6 is 11.8 Å². The van der Waals surface area contributed by atoms with Gasteiger partial charge in [0.15, 0.2) is 5.65 Å². The predicted octanol–water partition coefficient (Wildman–Crippen LogP) is 2.78. The number of thioether (sulfide) groups is 1. The molecule has 6 nitrogen and oxygen atoms in total. The zero-order valence-electron chi connectivity index (χ0n) is 12.2. The van der Waals surface area contributed by atoms with Crippen LogP contribution in [0.3, 0.4) is 0 Å². The molecule has 3 aromatic rings. The first-order valence-corrected chi connectivity index (χ1v) is 7.70. The standard InChI is InChI=1S/C15H15N5OS/c1-9-4-3-5-11(6-9)20-14(21)10(2)22-15-12-13(17-7-16-12)18-8-19-15/h3-8,10H,1-2H3,(H,20,21)(H,16,17,18,19)/t10-/m0/s1. The van der Waals surface area contributed by atoms with Gasteiger partial charge in [-0.1, -0.05) is 23.9 Å². The van der Waals surface area contributed by atoms with E-state index in [1.807, 2.05) is 38.1 Å². The highest BCUT2D eigenvalue weighted by molar-refractivity contribution is 8.00. The van der Waals surface area contributed by atoms with Crippen LogP contribution in [-0.2, 0) is 4.79 Å². The van der Waals surface area contributed by atoms with Gasteiger partial charge in [0.05, 0.1) is 11.6 Å².